The molecule has 0 heterocycles. The molecule has 0 aliphatic carbocycles. The highest BCUT2D eigenvalue weighted by molar-refractivity contribution is 5.98. The second-order valence-electron chi connectivity index (χ2n) is 2.82. The molecule has 0 saturated heterocycles. The number of aliphatic hydroxyl groups is 1. The van der Waals surface area contributed by atoms with E-state index in [2.05, 4.69) is 5.16 Å². The molecular weight excluding hydrogens is 186 g/mol. The quantitative estimate of drug-likeness (QED) is 0.231. The number of aliphatic hydroxyl groups excluding tert-OH is 1. The molecule has 0 spiro atoms. The minimum atomic E-state index is -0.198. The summed E-state index contributed by atoms with van der Waals surface area (Å²) in [6, 6.07) is 0. The Morgan fingerprint density at radius 1 is 1.57 bits per heavy atom. The lowest BCUT2D eigenvalue weighted by Gasteiger charge is -2.19. The number of oxime groups is 1. The van der Waals surface area contributed by atoms with E-state index in [9.17, 15) is 4.79 Å². The van der Waals surface area contributed by atoms with Crippen molar-refractivity contribution in [1.82, 2.24) is 4.90 Å². The summed E-state index contributed by atoms with van der Waals surface area (Å²) in [6.07, 6.45) is 0.450. The summed E-state index contributed by atoms with van der Waals surface area (Å²) in [6.45, 7) is 2.93. The van der Waals surface area contributed by atoms with Crippen molar-refractivity contribution in [2.45, 2.75) is 19.8 Å². The molecule has 6 nitrogen and oxygen atoms in total. The Bertz CT molecular complexity index is 206. The van der Waals surface area contributed by atoms with Gasteiger partial charge in [0.05, 0.1) is 6.42 Å². The number of nitrogens with two attached hydrogens (primary N) is 1. The van der Waals surface area contributed by atoms with E-state index in [1.807, 2.05) is 6.92 Å². The first-order valence-corrected chi connectivity index (χ1v) is 4.50. The number of amides is 1. The third-order valence-electron chi connectivity index (χ3n) is 1.78. The molecule has 0 bridgehead atoms. The topological polar surface area (TPSA) is 99.2 Å². The van der Waals surface area contributed by atoms with Crippen molar-refractivity contribution in [1.29, 1.82) is 0 Å². The highest BCUT2D eigenvalue weighted by Crippen LogP contribution is 1.96. The van der Waals surface area contributed by atoms with Crippen molar-refractivity contribution in [2.24, 2.45) is 10.9 Å². The first kappa shape index (κ1) is 12.7. The molecule has 0 aliphatic heterocycles. The molecule has 0 atom stereocenters. The Hall–Kier alpha value is -1.30. The van der Waals surface area contributed by atoms with Gasteiger partial charge in [0.25, 0.3) is 0 Å². The number of rotatable bonds is 6. The van der Waals surface area contributed by atoms with E-state index in [0.717, 1.165) is 0 Å². The molecule has 4 N–H and O–H groups in total. The van der Waals surface area contributed by atoms with Gasteiger partial charge in [0.2, 0.25) is 5.91 Å². The maximum Gasteiger partial charge on any atom is 0.230 e. The fourth-order valence-corrected chi connectivity index (χ4v) is 1.02. The van der Waals surface area contributed by atoms with Crippen molar-refractivity contribution in [3.63, 3.8) is 0 Å². The summed E-state index contributed by atoms with van der Waals surface area (Å²) in [7, 11) is 0. The smallest absolute Gasteiger partial charge is 0.230 e. The average molecular weight is 203 g/mol. The molecule has 0 unspecified atom stereocenters. The van der Waals surface area contributed by atoms with E-state index in [-0.39, 0.29) is 24.8 Å². The molecule has 6 heteroatoms. The minimum Gasteiger partial charge on any atom is -0.409 e. The zero-order valence-corrected chi connectivity index (χ0v) is 8.31. The standard InChI is InChI=1S/C8H17N3O3/c1-2-11(4-3-5-12)8(13)6-7(9)10-14/h12,14H,2-6H2,1H3,(H2,9,10). The van der Waals surface area contributed by atoms with Crippen LogP contribution in [0.2, 0.25) is 0 Å². The van der Waals surface area contributed by atoms with E-state index < -0.39 is 0 Å². The Balaban J connectivity index is 4.04. The molecular formula is C8H17N3O3. The van der Waals surface area contributed by atoms with Crippen molar-refractivity contribution < 1.29 is 15.1 Å². The summed E-state index contributed by atoms with van der Waals surface area (Å²) in [5, 5.41) is 19.6. The van der Waals surface area contributed by atoms with Crippen molar-refractivity contribution in [3.8, 4) is 0 Å². The van der Waals surface area contributed by atoms with Gasteiger partial charge in [-0.2, -0.15) is 0 Å². The van der Waals surface area contributed by atoms with Gasteiger partial charge in [0.1, 0.15) is 5.84 Å². The third-order valence-corrected chi connectivity index (χ3v) is 1.78. The van der Waals surface area contributed by atoms with E-state index in [1.54, 1.807) is 4.90 Å². The van der Waals surface area contributed by atoms with Crippen LogP contribution in [0.15, 0.2) is 5.16 Å². The number of nitrogens with zero attached hydrogens (tertiary/aromatic N) is 2. The van der Waals surface area contributed by atoms with Crippen molar-refractivity contribution >= 4 is 11.7 Å². The summed E-state index contributed by atoms with van der Waals surface area (Å²) in [5.41, 5.74) is 5.20. The molecule has 0 fully saturated rings. The number of carbonyl (C=O) groups excluding carboxylic acids is 1. The number of hydrogen-bond acceptors (Lipinski definition) is 4. The van der Waals surface area contributed by atoms with Gasteiger partial charge in [-0.3, -0.25) is 4.79 Å². The SMILES string of the molecule is CCN(CCCO)C(=O)CC(N)=NO. The van der Waals surface area contributed by atoms with Gasteiger partial charge < -0.3 is 20.9 Å². The summed E-state index contributed by atoms with van der Waals surface area (Å²) in [4.78, 5) is 13.0. The second kappa shape index (κ2) is 7.14. The van der Waals surface area contributed by atoms with Crippen LogP contribution < -0.4 is 5.73 Å². The second-order valence-corrected chi connectivity index (χ2v) is 2.82. The lowest BCUT2D eigenvalue weighted by Crippen LogP contribution is -2.35. The van der Waals surface area contributed by atoms with Gasteiger partial charge in [-0.25, -0.2) is 0 Å². The highest BCUT2D eigenvalue weighted by atomic mass is 16.4. The summed E-state index contributed by atoms with van der Waals surface area (Å²) >= 11 is 0. The molecule has 14 heavy (non-hydrogen) atoms. The fourth-order valence-electron chi connectivity index (χ4n) is 1.02. The first-order valence-electron chi connectivity index (χ1n) is 4.50. The summed E-state index contributed by atoms with van der Waals surface area (Å²) < 4.78 is 0. The molecule has 0 rings (SSSR count). The van der Waals surface area contributed by atoms with Gasteiger partial charge in [-0.1, -0.05) is 5.16 Å². The van der Waals surface area contributed by atoms with Crippen LogP contribution in [0.3, 0.4) is 0 Å². The molecule has 0 aromatic carbocycles. The number of amidine groups is 1. The molecule has 0 aromatic rings. The maximum atomic E-state index is 11.4. The zero-order valence-electron chi connectivity index (χ0n) is 8.31. The van der Waals surface area contributed by atoms with Gasteiger partial charge >= 0.3 is 0 Å². The first-order chi connectivity index (χ1) is 6.65. The predicted octanol–water partition coefficient (Wildman–Crippen LogP) is -0.646. The Morgan fingerprint density at radius 2 is 2.21 bits per heavy atom. The van der Waals surface area contributed by atoms with Crippen LogP contribution in [0, 0.1) is 0 Å². The maximum absolute atomic E-state index is 11.4. The highest BCUT2D eigenvalue weighted by Gasteiger charge is 2.12. The normalized spacial score (nSPS) is 11.4. The van der Waals surface area contributed by atoms with E-state index in [0.29, 0.717) is 19.5 Å². The predicted molar refractivity (Wildman–Crippen MR) is 52.0 cm³/mol. The fraction of sp³-hybridized carbons (Fsp3) is 0.750. The van der Waals surface area contributed by atoms with Crippen LogP contribution in [-0.2, 0) is 4.79 Å². The molecule has 0 aromatic heterocycles. The number of hydrogen-bond donors (Lipinski definition) is 3. The van der Waals surface area contributed by atoms with Crippen LogP contribution in [0.5, 0.6) is 0 Å². The molecule has 82 valence electrons. The number of carbonyl (C=O) groups is 1. The molecule has 0 aliphatic rings. The van der Waals surface area contributed by atoms with Gasteiger partial charge in [-0.15, -0.1) is 0 Å². The van der Waals surface area contributed by atoms with Gasteiger partial charge in [-0.05, 0) is 13.3 Å². The Labute approximate surface area is 83.0 Å². The van der Waals surface area contributed by atoms with Crippen molar-refractivity contribution in [3.05, 3.63) is 0 Å². The average Bonchev–Trinajstić information content (AvgIpc) is 2.18. The summed E-state index contributed by atoms with van der Waals surface area (Å²) in [5.74, 6) is -0.298. The Kier molecular flexibility index (Phi) is 6.47. The van der Waals surface area contributed by atoms with Gasteiger partial charge in [0.15, 0.2) is 0 Å². The van der Waals surface area contributed by atoms with Crippen LogP contribution >= 0.6 is 0 Å². The lowest BCUT2D eigenvalue weighted by atomic mass is 10.3. The third kappa shape index (κ3) is 4.66. The van der Waals surface area contributed by atoms with E-state index in [1.165, 1.54) is 0 Å². The Morgan fingerprint density at radius 3 is 2.64 bits per heavy atom. The largest absolute Gasteiger partial charge is 0.409 e. The molecule has 0 radical (unpaired) electrons. The van der Waals surface area contributed by atoms with Crippen LogP contribution in [0.25, 0.3) is 0 Å². The van der Waals surface area contributed by atoms with E-state index in [4.69, 9.17) is 16.0 Å². The van der Waals surface area contributed by atoms with Crippen LogP contribution in [0.4, 0.5) is 0 Å². The monoisotopic (exact) mass is 203 g/mol. The lowest BCUT2D eigenvalue weighted by molar-refractivity contribution is -0.129. The van der Waals surface area contributed by atoms with Crippen molar-refractivity contribution in [2.75, 3.05) is 19.7 Å². The van der Waals surface area contributed by atoms with Crippen LogP contribution in [-0.4, -0.2) is 46.7 Å². The van der Waals surface area contributed by atoms with E-state index >= 15 is 0 Å². The van der Waals surface area contributed by atoms with Crippen LogP contribution in [0.1, 0.15) is 19.8 Å². The molecule has 1 amide bonds. The van der Waals surface area contributed by atoms with Gasteiger partial charge in [0, 0.05) is 19.7 Å². The zero-order chi connectivity index (χ0) is 11.0. The molecule has 0 saturated carbocycles. The minimum absolute atomic E-state index is 0.0490.